The van der Waals surface area contributed by atoms with Crippen molar-refractivity contribution in [2.45, 2.75) is 26.3 Å². The van der Waals surface area contributed by atoms with Gasteiger partial charge in [0.15, 0.2) is 5.65 Å². The average Bonchev–Trinajstić information content (AvgIpc) is 3.15. The zero-order valence-corrected chi connectivity index (χ0v) is 18.6. The summed E-state index contributed by atoms with van der Waals surface area (Å²) in [6.45, 7) is 9.07. The number of rotatable bonds is 4. The number of carbonyl (C=O) groups is 1. The van der Waals surface area contributed by atoms with Gasteiger partial charge in [-0.05, 0) is 45.0 Å². The van der Waals surface area contributed by atoms with E-state index in [0.29, 0.717) is 54.7 Å². The Hall–Kier alpha value is -2.91. The molecule has 0 unspecified atom stereocenters. The van der Waals surface area contributed by atoms with E-state index < -0.39 is 0 Å². The van der Waals surface area contributed by atoms with Crippen LogP contribution in [0.2, 0.25) is 5.02 Å². The molecule has 1 aliphatic rings. The lowest BCUT2D eigenvalue weighted by molar-refractivity contribution is -0.117. The van der Waals surface area contributed by atoms with Crippen molar-refractivity contribution in [2.24, 2.45) is 0 Å². The van der Waals surface area contributed by atoms with Crippen LogP contribution in [-0.4, -0.2) is 63.3 Å². The van der Waals surface area contributed by atoms with Crippen LogP contribution in [0.5, 0.6) is 0 Å². The number of hydrogen-bond donors (Lipinski definition) is 2. The van der Waals surface area contributed by atoms with E-state index in [0.717, 1.165) is 5.69 Å². The molecule has 9 nitrogen and oxygen atoms in total. The largest absolute Gasteiger partial charge is 0.340 e. The number of hydrogen-bond acceptors (Lipinski definition) is 6. The Bertz CT molecular complexity index is 1140. The van der Waals surface area contributed by atoms with Gasteiger partial charge in [0.25, 0.3) is 5.56 Å². The fourth-order valence-corrected chi connectivity index (χ4v) is 3.73. The van der Waals surface area contributed by atoms with E-state index in [9.17, 15) is 9.59 Å². The number of benzene rings is 1. The molecule has 4 rings (SSSR count). The van der Waals surface area contributed by atoms with Gasteiger partial charge in [0.1, 0.15) is 5.39 Å². The van der Waals surface area contributed by atoms with Crippen LogP contribution in [0, 0.1) is 0 Å². The zero-order chi connectivity index (χ0) is 22.2. The molecule has 2 N–H and O–H groups in total. The number of halogens is 1. The average molecular weight is 444 g/mol. The van der Waals surface area contributed by atoms with E-state index in [4.69, 9.17) is 16.6 Å². The highest BCUT2D eigenvalue weighted by Gasteiger charge is 2.24. The number of piperazine rings is 1. The predicted molar refractivity (Wildman–Crippen MR) is 122 cm³/mol. The Morgan fingerprint density at radius 3 is 2.48 bits per heavy atom. The number of H-pyrrole nitrogens is 1. The summed E-state index contributed by atoms with van der Waals surface area (Å²) in [5.74, 6) is 0.464. The van der Waals surface area contributed by atoms with Gasteiger partial charge in [-0.15, -0.1) is 0 Å². The fourth-order valence-electron chi connectivity index (χ4n) is 3.60. The lowest BCUT2D eigenvalue weighted by Gasteiger charge is -2.34. The molecule has 0 aliphatic carbocycles. The Kier molecular flexibility index (Phi) is 5.72. The summed E-state index contributed by atoms with van der Waals surface area (Å²) in [5, 5.41) is 8.35. The highest BCUT2D eigenvalue weighted by atomic mass is 35.5. The summed E-state index contributed by atoms with van der Waals surface area (Å²) in [6, 6.07) is 7.04. The number of fused-ring (bicyclic) bond motifs is 1. The van der Waals surface area contributed by atoms with Gasteiger partial charge in [-0.3, -0.25) is 19.5 Å². The molecule has 31 heavy (non-hydrogen) atoms. The molecule has 0 radical (unpaired) electrons. The number of nitrogens with zero attached hydrogens (tertiary/aromatic N) is 5. The Labute approximate surface area is 185 Å². The van der Waals surface area contributed by atoms with Crippen LogP contribution in [0.4, 0.5) is 11.6 Å². The first kappa shape index (κ1) is 21.3. The van der Waals surface area contributed by atoms with E-state index in [1.807, 2.05) is 25.7 Å². The van der Waals surface area contributed by atoms with Gasteiger partial charge >= 0.3 is 0 Å². The van der Waals surface area contributed by atoms with E-state index in [1.54, 1.807) is 35.1 Å². The molecule has 164 valence electrons. The minimum Gasteiger partial charge on any atom is -0.340 e. The van der Waals surface area contributed by atoms with Crippen LogP contribution in [0.1, 0.15) is 20.8 Å². The molecule has 2 aromatic heterocycles. The summed E-state index contributed by atoms with van der Waals surface area (Å²) in [6.07, 6.45) is 1.56. The second kappa shape index (κ2) is 8.32. The van der Waals surface area contributed by atoms with Gasteiger partial charge in [0.05, 0.1) is 18.3 Å². The maximum atomic E-state index is 12.5. The molecule has 1 fully saturated rings. The topological polar surface area (TPSA) is 99.2 Å². The molecule has 1 saturated heterocycles. The quantitative estimate of drug-likeness (QED) is 0.641. The first-order valence-electron chi connectivity index (χ1n) is 10.2. The standard InChI is InChI=1S/C21H26ClN7O2/c1-21(2,3)29-18-16(12-23-29)19(31)26-20(25-18)28-10-8-27(9-11-28)13-17(30)24-15-6-4-14(22)5-7-15/h4-7,12H,8-11,13H2,1-3H3,(H,24,30)(H,25,26,31). The van der Waals surface area contributed by atoms with Crippen LogP contribution in [-0.2, 0) is 10.3 Å². The van der Waals surface area contributed by atoms with Crippen LogP contribution in [0.3, 0.4) is 0 Å². The molecule has 0 atom stereocenters. The first-order valence-corrected chi connectivity index (χ1v) is 10.6. The van der Waals surface area contributed by atoms with Gasteiger partial charge < -0.3 is 10.2 Å². The van der Waals surface area contributed by atoms with Crippen LogP contribution in [0.15, 0.2) is 35.3 Å². The number of nitrogens with one attached hydrogen (secondary N) is 2. The van der Waals surface area contributed by atoms with Crippen molar-refractivity contribution in [3.05, 3.63) is 45.8 Å². The maximum absolute atomic E-state index is 12.5. The highest BCUT2D eigenvalue weighted by Crippen LogP contribution is 2.20. The molecule has 0 saturated carbocycles. The number of aromatic amines is 1. The third kappa shape index (κ3) is 4.72. The summed E-state index contributed by atoms with van der Waals surface area (Å²) in [7, 11) is 0. The number of aromatic nitrogens is 4. The molecule has 3 heterocycles. The summed E-state index contributed by atoms with van der Waals surface area (Å²) in [5.41, 5.74) is 0.825. The van der Waals surface area contributed by atoms with E-state index in [1.165, 1.54) is 0 Å². The Morgan fingerprint density at radius 2 is 1.84 bits per heavy atom. The SMILES string of the molecule is CC(C)(C)n1ncc2c(=O)[nH]c(N3CCN(CC(=O)Nc4ccc(Cl)cc4)CC3)nc21. The Balaban J connectivity index is 1.40. The van der Waals surface area contributed by atoms with Crippen LogP contribution in [0.25, 0.3) is 11.0 Å². The monoisotopic (exact) mass is 443 g/mol. The summed E-state index contributed by atoms with van der Waals surface area (Å²) >= 11 is 5.88. The van der Waals surface area contributed by atoms with Crippen molar-refractivity contribution < 1.29 is 4.79 Å². The number of carbonyl (C=O) groups excluding carboxylic acids is 1. The molecule has 10 heteroatoms. The van der Waals surface area contributed by atoms with Gasteiger partial charge in [0, 0.05) is 36.9 Å². The number of amides is 1. The fraction of sp³-hybridized carbons (Fsp3) is 0.429. The van der Waals surface area contributed by atoms with E-state index in [2.05, 4.69) is 20.3 Å². The van der Waals surface area contributed by atoms with Crippen LogP contribution >= 0.6 is 11.6 Å². The first-order chi connectivity index (χ1) is 14.7. The summed E-state index contributed by atoms with van der Waals surface area (Å²) in [4.78, 5) is 36.6. The van der Waals surface area contributed by atoms with Crippen molar-refractivity contribution in [3.63, 3.8) is 0 Å². The molecule has 0 spiro atoms. The molecule has 0 bridgehead atoms. The molecular weight excluding hydrogens is 418 g/mol. The maximum Gasteiger partial charge on any atom is 0.263 e. The van der Waals surface area contributed by atoms with Gasteiger partial charge in [-0.1, -0.05) is 11.6 Å². The third-order valence-electron chi connectivity index (χ3n) is 5.23. The van der Waals surface area contributed by atoms with Crippen molar-refractivity contribution in [1.29, 1.82) is 0 Å². The number of anilines is 2. The Morgan fingerprint density at radius 1 is 1.16 bits per heavy atom. The molecule has 1 aromatic carbocycles. The predicted octanol–water partition coefficient (Wildman–Crippen LogP) is 2.29. The van der Waals surface area contributed by atoms with Crippen molar-refractivity contribution >= 4 is 40.2 Å². The minimum absolute atomic E-state index is 0.0715. The van der Waals surface area contributed by atoms with Crippen molar-refractivity contribution in [3.8, 4) is 0 Å². The zero-order valence-electron chi connectivity index (χ0n) is 17.9. The lowest BCUT2D eigenvalue weighted by Crippen LogP contribution is -2.49. The van der Waals surface area contributed by atoms with E-state index in [-0.39, 0.29) is 17.0 Å². The second-order valence-corrected chi connectivity index (χ2v) is 9.11. The molecular formula is C21H26ClN7O2. The summed E-state index contributed by atoms with van der Waals surface area (Å²) < 4.78 is 1.78. The highest BCUT2D eigenvalue weighted by molar-refractivity contribution is 6.30. The van der Waals surface area contributed by atoms with Gasteiger partial charge in [-0.2, -0.15) is 10.1 Å². The van der Waals surface area contributed by atoms with E-state index >= 15 is 0 Å². The third-order valence-corrected chi connectivity index (χ3v) is 5.48. The van der Waals surface area contributed by atoms with Gasteiger partial charge in [0.2, 0.25) is 11.9 Å². The van der Waals surface area contributed by atoms with Crippen molar-refractivity contribution in [1.82, 2.24) is 24.6 Å². The van der Waals surface area contributed by atoms with Crippen LogP contribution < -0.4 is 15.8 Å². The lowest BCUT2D eigenvalue weighted by atomic mass is 10.1. The molecule has 1 aliphatic heterocycles. The normalized spacial score (nSPS) is 15.4. The molecule has 1 amide bonds. The van der Waals surface area contributed by atoms with Crippen molar-refractivity contribution in [2.75, 3.05) is 42.9 Å². The molecule has 3 aromatic rings. The second-order valence-electron chi connectivity index (χ2n) is 8.67. The van der Waals surface area contributed by atoms with Gasteiger partial charge in [-0.25, -0.2) is 4.68 Å². The smallest absolute Gasteiger partial charge is 0.263 e. The minimum atomic E-state index is -0.282.